The van der Waals surface area contributed by atoms with Crippen molar-refractivity contribution in [1.82, 2.24) is 4.72 Å². The average molecular weight is 223 g/mol. The summed E-state index contributed by atoms with van der Waals surface area (Å²) < 4.78 is 24.7. The van der Waals surface area contributed by atoms with Crippen LogP contribution in [0.15, 0.2) is 0 Å². The van der Waals surface area contributed by atoms with Crippen LogP contribution in [0, 0.1) is 0 Å². The third kappa shape index (κ3) is 5.18. The van der Waals surface area contributed by atoms with Gasteiger partial charge in [-0.25, -0.2) is 13.1 Å². The van der Waals surface area contributed by atoms with E-state index in [1.807, 2.05) is 6.92 Å². The molecule has 0 amide bonds. The molecule has 0 fully saturated rings. The summed E-state index contributed by atoms with van der Waals surface area (Å²) >= 11 is 0. The molecule has 0 unspecified atom stereocenters. The van der Waals surface area contributed by atoms with E-state index in [1.54, 1.807) is 6.92 Å². The second-order valence-electron chi connectivity index (χ2n) is 3.12. The fourth-order valence-electron chi connectivity index (χ4n) is 1.07. The van der Waals surface area contributed by atoms with E-state index in [2.05, 4.69) is 4.72 Å². The number of rotatable bonds is 7. The molecule has 14 heavy (non-hydrogen) atoms. The Labute approximate surface area is 84.6 Å². The lowest BCUT2D eigenvalue weighted by Gasteiger charge is -2.13. The highest BCUT2D eigenvalue weighted by Gasteiger charge is 2.22. The van der Waals surface area contributed by atoms with Crippen LogP contribution in [0.5, 0.6) is 0 Å². The van der Waals surface area contributed by atoms with Gasteiger partial charge in [-0.1, -0.05) is 20.3 Å². The normalized spacial score (nSPS) is 13.9. The van der Waals surface area contributed by atoms with Crippen molar-refractivity contribution in [3.05, 3.63) is 0 Å². The Kier molecular flexibility index (Phi) is 5.71. The van der Waals surface area contributed by atoms with Crippen molar-refractivity contribution in [2.75, 3.05) is 5.75 Å². The molecule has 6 heteroatoms. The van der Waals surface area contributed by atoms with Gasteiger partial charge in [0.05, 0.1) is 5.75 Å². The Morgan fingerprint density at radius 3 is 2.29 bits per heavy atom. The number of carboxylic acid groups (broad SMARTS) is 1. The summed E-state index contributed by atoms with van der Waals surface area (Å²) in [4.78, 5) is 10.6. The van der Waals surface area contributed by atoms with Crippen LogP contribution in [0.25, 0.3) is 0 Å². The molecule has 2 N–H and O–H groups in total. The summed E-state index contributed by atoms with van der Waals surface area (Å²) in [6.45, 7) is 3.54. The summed E-state index contributed by atoms with van der Waals surface area (Å²) in [5.41, 5.74) is 0. The molecule has 0 aliphatic rings. The molecule has 0 saturated heterocycles. The van der Waals surface area contributed by atoms with Crippen LogP contribution in [0.4, 0.5) is 0 Å². The predicted octanol–water partition coefficient (Wildman–Crippen LogP) is 0.569. The smallest absolute Gasteiger partial charge is 0.321 e. The van der Waals surface area contributed by atoms with Crippen LogP contribution in [-0.4, -0.2) is 31.3 Å². The van der Waals surface area contributed by atoms with E-state index >= 15 is 0 Å². The first-order valence-corrected chi connectivity index (χ1v) is 6.31. The van der Waals surface area contributed by atoms with E-state index in [9.17, 15) is 13.2 Å². The second-order valence-corrected chi connectivity index (χ2v) is 4.99. The molecule has 5 nitrogen and oxygen atoms in total. The zero-order chi connectivity index (χ0) is 11.2. The fraction of sp³-hybridized carbons (Fsp3) is 0.875. The van der Waals surface area contributed by atoms with Gasteiger partial charge in [-0.15, -0.1) is 0 Å². The average Bonchev–Trinajstić information content (AvgIpc) is 2.02. The summed E-state index contributed by atoms with van der Waals surface area (Å²) in [6, 6.07) is -0.989. The topological polar surface area (TPSA) is 83.5 Å². The molecule has 0 aliphatic carbocycles. The van der Waals surface area contributed by atoms with Gasteiger partial charge in [0.2, 0.25) is 10.0 Å². The standard InChI is InChI=1S/C8H17NO4S/c1-3-5-7(8(10)11)9-14(12,13)6-4-2/h7,9H,3-6H2,1-2H3,(H,10,11)/t7-/m1/s1. The van der Waals surface area contributed by atoms with Gasteiger partial charge in [-0.3, -0.25) is 4.79 Å². The third-order valence-electron chi connectivity index (χ3n) is 1.67. The van der Waals surface area contributed by atoms with Crippen LogP contribution in [0.1, 0.15) is 33.1 Å². The Bertz CT molecular complexity index is 273. The summed E-state index contributed by atoms with van der Waals surface area (Å²) in [6.07, 6.45) is 1.43. The number of sulfonamides is 1. The molecule has 0 aliphatic heterocycles. The first-order chi connectivity index (χ1) is 6.43. The highest BCUT2D eigenvalue weighted by atomic mass is 32.2. The lowest BCUT2D eigenvalue weighted by Crippen LogP contribution is -2.41. The SMILES string of the molecule is CCC[C@@H](NS(=O)(=O)CCC)C(=O)O. The molecule has 0 aromatic carbocycles. The van der Waals surface area contributed by atoms with Gasteiger partial charge in [0.25, 0.3) is 0 Å². The Morgan fingerprint density at radius 2 is 1.93 bits per heavy atom. The monoisotopic (exact) mass is 223 g/mol. The number of carboxylic acids is 1. The quantitative estimate of drug-likeness (QED) is 0.661. The van der Waals surface area contributed by atoms with E-state index in [4.69, 9.17) is 5.11 Å². The van der Waals surface area contributed by atoms with Gasteiger partial charge in [0, 0.05) is 0 Å². The van der Waals surface area contributed by atoms with Gasteiger partial charge >= 0.3 is 5.97 Å². The maximum absolute atomic E-state index is 11.2. The van der Waals surface area contributed by atoms with Crippen molar-refractivity contribution in [3.8, 4) is 0 Å². The summed E-state index contributed by atoms with van der Waals surface area (Å²) in [5, 5.41) is 8.71. The predicted molar refractivity (Wildman–Crippen MR) is 53.5 cm³/mol. The van der Waals surface area contributed by atoms with Crippen molar-refractivity contribution in [1.29, 1.82) is 0 Å². The third-order valence-corrected chi connectivity index (χ3v) is 3.26. The van der Waals surface area contributed by atoms with Crippen LogP contribution < -0.4 is 4.72 Å². The molecular formula is C8H17NO4S. The molecule has 0 bridgehead atoms. The summed E-state index contributed by atoms with van der Waals surface area (Å²) in [5.74, 6) is -1.15. The van der Waals surface area contributed by atoms with Crippen LogP contribution in [0.3, 0.4) is 0 Å². The Morgan fingerprint density at radius 1 is 1.36 bits per heavy atom. The van der Waals surface area contributed by atoms with Crippen LogP contribution >= 0.6 is 0 Å². The van der Waals surface area contributed by atoms with Crippen molar-refractivity contribution >= 4 is 16.0 Å². The van der Waals surface area contributed by atoms with E-state index in [1.165, 1.54) is 0 Å². The van der Waals surface area contributed by atoms with Crippen molar-refractivity contribution in [2.45, 2.75) is 39.2 Å². The number of hydrogen-bond donors (Lipinski definition) is 2. The number of hydrogen-bond acceptors (Lipinski definition) is 3. The lowest BCUT2D eigenvalue weighted by atomic mass is 10.2. The summed E-state index contributed by atoms with van der Waals surface area (Å²) in [7, 11) is -3.43. The molecule has 0 spiro atoms. The Hall–Kier alpha value is -0.620. The fourth-order valence-corrected chi connectivity index (χ4v) is 2.37. The number of nitrogens with one attached hydrogen (secondary N) is 1. The molecule has 0 aromatic heterocycles. The Balaban J connectivity index is 4.36. The first-order valence-electron chi connectivity index (χ1n) is 4.65. The van der Waals surface area contributed by atoms with E-state index in [0.717, 1.165) is 0 Å². The maximum atomic E-state index is 11.2. The first kappa shape index (κ1) is 13.4. The minimum atomic E-state index is -3.43. The minimum Gasteiger partial charge on any atom is -0.480 e. The highest BCUT2D eigenvalue weighted by Crippen LogP contribution is 2.00. The van der Waals surface area contributed by atoms with Crippen LogP contribution in [-0.2, 0) is 14.8 Å². The van der Waals surface area contributed by atoms with E-state index in [0.29, 0.717) is 19.3 Å². The van der Waals surface area contributed by atoms with E-state index in [-0.39, 0.29) is 5.75 Å². The highest BCUT2D eigenvalue weighted by molar-refractivity contribution is 7.89. The molecule has 0 rings (SSSR count). The maximum Gasteiger partial charge on any atom is 0.321 e. The molecule has 0 aromatic rings. The van der Waals surface area contributed by atoms with Gasteiger partial charge in [0.1, 0.15) is 6.04 Å². The molecule has 0 heterocycles. The molecular weight excluding hydrogens is 206 g/mol. The number of carbonyl (C=O) groups is 1. The van der Waals surface area contributed by atoms with E-state index < -0.39 is 22.0 Å². The van der Waals surface area contributed by atoms with Gasteiger partial charge in [0.15, 0.2) is 0 Å². The van der Waals surface area contributed by atoms with Crippen molar-refractivity contribution in [2.24, 2.45) is 0 Å². The lowest BCUT2D eigenvalue weighted by molar-refractivity contribution is -0.139. The molecule has 0 radical (unpaired) electrons. The molecule has 84 valence electrons. The van der Waals surface area contributed by atoms with Gasteiger partial charge in [-0.05, 0) is 12.8 Å². The zero-order valence-electron chi connectivity index (χ0n) is 8.49. The van der Waals surface area contributed by atoms with Gasteiger partial charge in [-0.2, -0.15) is 0 Å². The van der Waals surface area contributed by atoms with Crippen molar-refractivity contribution < 1.29 is 18.3 Å². The zero-order valence-corrected chi connectivity index (χ0v) is 9.30. The number of aliphatic carboxylic acids is 1. The van der Waals surface area contributed by atoms with Gasteiger partial charge < -0.3 is 5.11 Å². The molecule has 1 atom stereocenters. The largest absolute Gasteiger partial charge is 0.480 e. The second kappa shape index (κ2) is 5.98. The van der Waals surface area contributed by atoms with Crippen LogP contribution in [0.2, 0.25) is 0 Å². The van der Waals surface area contributed by atoms with Crippen molar-refractivity contribution in [3.63, 3.8) is 0 Å². The molecule has 0 saturated carbocycles. The minimum absolute atomic E-state index is 0.0273.